The van der Waals surface area contributed by atoms with E-state index in [2.05, 4.69) is 53.9 Å². The Labute approximate surface area is 130 Å². The number of rotatable bonds is 8. The minimum atomic E-state index is -0.0686. The maximum Gasteiger partial charge on any atom is 0.160 e. The third-order valence-electron chi connectivity index (χ3n) is 3.08. The standard InChI is InChI=1S/C15H26BrN3O/c1-6-8-11-12(16)14(17-9-7-2)19-15(18-11)13(20-5)10(3)4/h10,13H,6-9H2,1-5H3,(H,17,18,19). The number of halogens is 1. The van der Waals surface area contributed by atoms with Crippen molar-refractivity contribution in [2.45, 2.75) is 53.1 Å². The van der Waals surface area contributed by atoms with Crippen LogP contribution >= 0.6 is 15.9 Å². The van der Waals surface area contributed by atoms with E-state index in [0.717, 1.165) is 47.6 Å². The zero-order valence-corrected chi connectivity index (χ0v) is 14.7. The number of aromatic nitrogens is 2. The normalized spacial score (nSPS) is 12.8. The summed E-state index contributed by atoms with van der Waals surface area (Å²) in [4.78, 5) is 9.35. The van der Waals surface area contributed by atoms with E-state index in [1.165, 1.54) is 0 Å². The van der Waals surface area contributed by atoms with Crippen LogP contribution in [-0.4, -0.2) is 23.6 Å². The molecule has 0 fully saturated rings. The van der Waals surface area contributed by atoms with Crippen LogP contribution in [0.2, 0.25) is 0 Å². The number of aryl methyl sites for hydroxylation is 1. The molecule has 0 saturated heterocycles. The summed E-state index contributed by atoms with van der Waals surface area (Å²) in [6.07, 6.45) is 2.99. The van der Waals surface area contributed by atoms with E-state index >= 15 is 0 Å². The minimum absolute atomic E-state index is 0.0686. The number of hydrogen-bond donors (Lipinski definition) is 1. The van der Waals surface area contributed by atoms with E-state index in [4.69, 9.17) is 9.72 Å². The van der Waals surface area contributed by atoms with Crippen molar-refractivity contribution in [2.75, 3.05) is 19.0 Å². The molecular formula is C15H26BrN3O. The second-order valence-corrected chi connectivity index (χ2v) is 6.06. The smallest absolute Gasteiger partial charge is 0.160 e. The van der Waals surface area contributed by atoms with Gasteiger partial charge in [0.2, 0.25) is 0 Å². The predicted octanol–water partition coefficient (Wildman–Crippen LogP) is 4.36. The Morgan fingerprint density at radius 3 is 2.40 bits per heavy atom. The van der Waals surface area contributed by atoms with Crippen molar-refractivity contribution in [1.82, 2.24) is 9.97 Å². The summed E-state index contributed by atoms with van der Waals surface area (Å²) >= 11 is 3.63. The molecule has 1 aromatic heterocycles. The monoisotopic (exact) mass is 343 g/mol. The Bertz CT molecular complexity index is 424. The third-order valence-corrected chi connectivity index (χ3v) is 3.91. The Hall–Kier alpha value is -0.680. The first-order chi connectivity index (χ1) is 9.54. The molecule has 0 aliphatic heterocycles. The molecule has 1 rings (SSSR count). The lowest BCUT2D eigenvalue weighted by Crippen LogP contribution is -2.16. The van der Waals surface area contributed by atoms with Gasteiger partial charge < -0.3 is 10.1 Å². The topological polar surface area (TPSA) is 47.0 Å². The maximum absolute atomic E-state index is 5.56. The number of nitrogens with zero attached hydrogens (tertiary/aromatic N) is 2. The quantitative estimate of drug-likeness (QED) is 0.761. The molecular weight excluding hydrogens is 318 g/mol. The van der Waals surface area contributed by atoms with Gasteiger partial charge in [-0.25, -0.2) is 9.97 Å². The molecule has 1 unspecified atom stereocenters. The SMILES string of the molecule is CCCNc1nc(C(OC)C(C)C)nc(CCC)c1Br. The van der Waals surface area contributed by atoms with Gasteiger partial charge in [0.05, 0.1) is 10.2 Å². The molecule has 0 radical (unpaired) electrons. The fourth-order valence-electron chi connectivity index (χ4n) is 2.08. The van der Waals surface area contributed by atoms with Gasteiger partial charge in [-0.3, -0.25) is 0 Å². The molecule has 0 aromatic carbocycles. The van der Waals surface area contributed by atoms with Crippen molar-refractivity contribution < 1.29 is 4.74 Å². The van der Waals surface area contributed by atoms with E-state index in [1.807, 2.05) is 0 Å². The van der Waals surface area contributed by atoms with Crippen LogP contribution in [0.15, 0.2) is 4.47 Å². The average molecular weight is 344 g/mol. The van der Waals surface area contributed by atoms with Crippen molar-refractivity contribution in [1.29, 1.82) is 0 Å². The Morgan fingerprint density at radius 2 is 1.90 bits per heavy atom. The molecule has 4 nitrogen and oxygen atoms in total. The van der Waals surface area contributed by atoms with E-state index in [1.54, 1.807) is 7.11 Å². The summed E-state index contributed by atoms with van der Waals surface area (Å²) < 4.78 is 6.54. The van der Waals surface area contributed by atoms with Crippen molar-refractivity contribution in [2.24, 2.45) is 5.92 Å². The number of anilines is 1. The number of methoxy groups -OCH3 is 1. The van der Waals surface area contributed by atoms with Gasteiger partial charge in [0.25, 0.3) is 0 Å². The Kier molecular flexibility index (Phi) is 7.45. The predicted molar refractivity (Wildman–Crippen MR) is 87.1 cm³/mol. The van der Waals surface area contributed by atoms with Crippen LogP contribution in [0.4, 0.5) is 5.82 Å². The lowest BCUT2D eigenvalue weighted by molar-refractivity contribution is 0.0573. The molecule has 5 heteroatoms. The van der Waals surface area contributed by atoms with Crippen molar-refractivity contribution in [3.05, 3.63) is 16.0 Å². The van der Waals surface area contributed by atoms with Crippen molar-refractivity contribution in [3.8, 4) is 0 Å². The van der Waals surface area contributed by atoms with Crippen LogP contribution in [0.25, 0.3) is 0 Å². The summed E-state index contributed by atoms with van der Waals surface area (Å²) in [6, 6.07) is 0. The van der Waals surface area contributed by atoms with Gasteiger partial charge in [0.1, 0.15) is 11.9 Å². The summed E-state index contributed by atoms with van der Waals surface area (Å²) in [6.45, 7) is 9.45. The molecule has 114 valence electrons. The molecule has 1 aromatic rings. The van der Waals surface area contributed by atoms with Crippen molar-refractivity contribution >= 4 is 21.7 Å². The largest absolute Gasteiger partial charge is 0.373 e. The fraction of sp³-hybridized carbons (Fsp3) is 0.733. The zero-order chi connectivity index (χ0) is 15.1. The van der Waals surface area contributed by atoms with E-state index in [-0.39, 0.29) is 6.10 Å². The first-order valence-corrected chi connectivity index (χ1v) is 8.17. The number of nitrogens with one attached hydrogen (secondary N) is 1. The maximum atomic E-state index is 5.56. The summed E-state index contributed by atoms with van der Waals surface area (Å²) in [5.41, 5.74) is 1.05. The minimum Gasteiger partial charge on any atom is -0.373 e. The van der Waals surface area contributed by atoms with Gasteiger partial charge in [-0.2, -0.15) is 0 Å². The number of hydrogen-bond acceptors (Lipinski definition) is 4. The first-order valence-electron chi connectivity index (χ1n) is 7.38. The Balaban J connectivity index is 3.19. The fourth-order valence-corrected chi connectivity index (χ4v) is 2.59. The van der Waals surface area contributed by atoms with E-state index in [9.17, 15) is 0 Å². The molecule has 0 aliphatic rings. The van der Waals surface area contributed by atoms with Gasteiger partial charge in [0.15, 0.2) is 5.82 Å². The lowest BCUT2D eigenvalue weighted by Gasteiger charge is -2.20. The second-order valence-electron chi connectivity index (χ2n) is 5.27. The van der Waals surface area contributed by atoms with Crippen molar-refractivity contribution in [3.63, 3.8) is 0 Å². The van der Waals surface area contributed by atoms with Crippen LogP contribution in [0, 0.1) is 5.92 Å². The molecule has 1 heterocycles. The number of ether oxygens (including phenoxy) is 1. The highest BCUT2D eigenvalue weighted by atomic mass is 79.9. The molecule has 0 spiro atoms. The molecule has 20 heavy (non-hydrogen) atoms. The van der Waals surface area contributed by atoms with Gasteiger partial charge in [-0.15, -0.1) is 0 Å². The molecule has 0 bridgehead atoms. The van der Waals surface area contributed by atoms with Crippen LogP contribution in [0.1, 0.15) is 58.2 Å². The highest BCUT2D eigenvalue weighted by Crippen LogP contribution is 2.29. The van der Waals surface area contributed by atoms with Crippen LogP contribution in [0.5, 0.6) is 0 Å². The lowest BCUT2D eigenvalue weighted by atomic mass is 10.1. The average Bonchev–Trinajstić information content (AvgIpc) is 2.41. The van der Waals surface area contributed by atoms with E-state index in [0.29, 0.717) is 5.92 Å². The second kappa shape index (κ2) is 8.57. The Morgan fingerprint density at radius 1 is 1.20 bits per heavy atom. The zero-order valence-electron chi connectivity index (χ0n) is 13.2. The molecule has 0 aliphatic carbocycles. The molecule has 1 N–H and O–H groups in total. The first kappa shape index (κ1) is 17.4. The van der Waals surface area contributed by atoms with Crippen LogP contribution < -0.4 is 5.32 Å². The van der Waals surface area contributed by atoms with Crippen LogP contribution in [0.3, 0.4) is 0 Å². The van der Waals surface area contributed by atoms with Gasteiger partial charge >= 0.3 is 0 Å². The molecule has 1 atom stereocenters. The van der Waals surface area contributed by atoms with Gasteiger partial charge in [-0.1, -0.05) is 34.1 Å². The highest BCUT2D eigenvalue weighted by molar-refractivity contribution is 9.10. The third kappa shape index (κ3) is 4.42. The van der Waals surface area contributed by atoms with Gasteiger partial charge in [0, 0.05) is 13.7 Å². The highest BCUT2D eigenvalue weighted by Gasteiger charge is 2.21. The van der Waals surface area contributed by atoms with E-state index < -0.39 is 0 Å². The summed E-state index contributed by atoms with van der Waals surface area (Å²) in [5.74, 6) is 1.99. The van der Waals surface area contributed by atoms with Crippen LogP contribution in [-0.2, 0) is 11.2 Å². The molecule has 0 amide bonds. The summed E-state index contributed by atoms with van der Waals surface area (Å²) in [7, 11) is 1.72. The summed E-state index contributed by atoms with van der Waals surface area (Å²) in [5, 5.41) is 3.37. The van der Waals surface area contributed by atoms with Gasteiger partial charge in [-0.05, 0) is 34.7 Å². The molecule has 0 saturated carbocycles.